The summed E-state index contributed by atoms with van der Waals surface area (Å²) < 4.78 is 35.9. The second-order valence-electron chi connectivity index (χ2n) is 3.99. The number of benzene rings is 1. The van der Waals surface area contributed by atoms with Crippen LogP contribution in [0.2, 0.25) is 0 Å². The first kappa shape index (κ1) is 14.4. The summed E-state index contributed by atoms with van der Waals surface area (Å²) in [7, 11) is 0. The molecule has 1 nitrogen and oxygen atoms in total. The van der Waals surface area contributed by atoms with Gasteiger partial charge in [-0.1, -0.05) is 18.2 Å². The number of hydrogen-bond donors (Lipinski definition) is 1. The van der Waals surface area contributed by atoms with Crippen LogP contribution in [0.5, 0.6) is 0 Å². The molecular formula is C12H16F3NS. The maximum atomic E-state index is 12.0. The molecule has 0 radical (unpaired) electrons. The van der Waals surface area contributed by atoms with Gasteiger partial charge in [0, 0.05) is 23.1 Å². The van der Waals surface area contributed by atoms with Crippen molar-refractivity contribution in [3.8, 4) is 0 Å². The van der Waals surface area contributed by atoms with Crippen molar-refractivity contribution in [2.24, 2.45) is 5.73 Å². The molecule has 0 spiro atoms. The van der Waals surface area contributed by atoms with Crippen molar-refractivity contribution in [3.63, 3.8) is 0 Å². The number of aryl methyl sites for hydroxylation is 1. The van der Waals surface area contributed by atoms with Gasteiger partial charge in [-0.05, 0) is 25.0 Å². The highest BCUT2D eigenvalue weighted by molar-refractivity contribution is 7.99. The van der Waals surface area contributed by atoms with Crippen LogP contribution in [0.3, 0.4) is 0 Å². The highest BCUT2D eigenvalue weighted by atomic mass is 32.2. The Bertz CT molecular complexity index is 352. The average molecular weight is 263 g/mol. The lowest BCUT2D eigenvalue weighted by Crippen LogP contribution is -2.25. The van der Waals surface area contributed by atoms with Gasteiger partial charge in [-0.3, -0.25) is 0 Å². The molecule has 0 saturated heterocycles. The van der Waals surface area contributed by atoms with Crippen molar-refractivity contribution in [2.45, 2.75) is 36.9 Å². The second kappa shape index (κ2) is 6.31. The molecule has 0 saturated carbocycles. The normalized spacial score (nSPS) is 13.7. The van der Waals surface area contributed by atoms with Gasteiger partial charge >= 0.3 is 6.18 Å². The van der Waals surface area contributed by atoms with Crippen molar-refractivity contribution < 1.29 is 13.2 Å². The molecule has 1 aromatic carbocycles. The Hall–Kier alpha value is -0.680. The predicted octanol–water partition coefficient (Wildman–Crippen LogP) is 3.76. The summed E-state index contributed by atoms with van der Waals surface area (Å²) in [6.07, 6.45) is -4.92. The number of alkyl halides is 3. The van der Waals surface area contributed by atoms with Crippen molar-refractivity contribution in [3.05, 3.63) is 29.8 Å². The van der Waals surface area contributed by atoms with E-state index in [9.17, 15) is 13.2 Å². The molecule has 96 valence electrons. The first-order chi connectivity index (χ1) is 7.88. The SMILES string of the molecule is Cc1ccccc1SCC(N)CCC(F)(F)F. The summed E-state index contributed by atoms with van der Waals surface area (Å²) >= 11 is 1.51. The monoisotopic (exact) mass is 263 g/mol. The second-order valence-corrected chi connectivity index (χ2v) is 5.05. The van der Waals surface area contributed by atoms with E-state index in [2.05, 4.69) is 0 Å². The molecule has 1 aromatic rings. The summed E-state index contributed by atoms with van der Waals surface area (Å²) in [6, 6.07) is 7.36. The van der Waals surface area contributed by atoms with Crippen molar-refractivity contribution in [1.82, 2.24) is 0 Å². The third-order valence-electron chi connectivity index (χ3n) is 2.35. The number of rotatable bonds is 5. The lowest BCUT2D eigenvalue weighted by Gasteiger charge is -2.13. The van der Waals surface area contributed by atoms with E-state index >= 15 is 0 Å². The van der Waals surface area contributed by atoms with E-state index in [4.69, 9.17) is 5.73 Å². The van der Waals surface area contributed by atoms with Gasteiger partial charge in [-0.2, -0.15) is 13.2 Å². The Morgan fingerprint density at radius 2 is 1.94 bits per heavy atom. The topological polar surface area (TPSA) is 26.0 Å². The lowest BCUT2D eigenvalue weighted by molar-refractivity contribution is -0.136. The molecular weight excluding hydrogens is 247 g/mol. The molecule has 17 heavy (non-hydrogen) atoms. The van der Waals surface area contributed by atoms with Crippen LogP contribution in [0.1, 0.15) is 18.4 Å². The standard InChI is InChI=1S/C12H16F3NS/c1-9-4-2-3-5-11(9)17-8-10(16)6-7-12(13,14)15/h2-5,10H,6-8,16H2,1H3. The van der Waals surface area contributed by atoms with Gasteiger partial charge in [-0.15, -0.1) is 11.8 Å². The van der Waals surface area contributed by atoms with Gasteiger partial charge < -0.3 is 5.73 Å². The van der Waals surface area contributed by atoms with Gasteiger partial charge in [0.15, 0.2) is 0 Å². The smallest absolute Gasteiger partial charge is 0.327 e. The van der Waals surface area contributed by atoms with Gasteiger partial charge in [-0.25, -0.2) is 0 Å². The van der Waals surface area contributed by atoms with Crippen LogP contribution in [0.25, 0.3) is 0 Å². The minimum Gasteiger partial charge on any atom is -0.327 e. The van der Waals surface area contributed by atoms with Gasteiger partial charge in [0.1, 0.15) is 0 Å². The molecule has 2 N–H and O–H groups in total. The van der Waals surface area contributed by atoms with Gasteiger partial charge in [0.25, 0.3) is 0 Å². The highest BCUT2D eigenvalue weighted by Crippen LogP contribution is 2.25. The molecule has 1 rings (SSSR count). The summed E-state index contributed by atoms with van der Waals surface area (Å²) in [4.78, 5) is 1.08. The molecule has 0 amide bonds. The maximum absolute atomic E-state index is 12.0. The van der Waals surface area contributed by atoms with Crippen molar-refractivity contribution in [1.29, 1.82) is 0 Å². The first-order valence-electron chi connectivity index (χ1n) is 5.39. The van der Waals surface area contributed by atoms with Crippen LogP contribution < -0.4 is 5.73 Å². The fraction of sp³-hybridized carbons (Fsp3) is 0.500. The third-order valence-corrected chi connectivity index (χ3v) is 3.71. The summed E-state index contributed by atoms with van der Waals surface area (Å²) in [6.45, 7) is 1.98. The van der Waals surface area contributed by atoms with E-state index in [-0.39, 0.29) is 6.42 Å². The van der Waals surface area contributed by atoms with E-state index < -0.39 is 18.6 Å². The number of hydrogen-bond acceptors (Lipinski definition) is 2. The van der Waals surface area contributed by atoms with E-state index in [1.54, 1.807) is 0 Å². The largest absolute Gasteiger partial charge is 0.389 e. The quantitative estimate of drug-likeness (QED) is 0.819. The Kier molecular flexibility index (Phi) is 5.33. The Labute approximate surface area is 104 Å². The lowest BCUT2D eigenvalue weighted by atomic mass is 10.2. The van der Waals surface area contributed by atoms with E-state index in [1.165, 1.54) is 11.8 Å². The maximum Gasteiger partial charge on any atom is 0.389 e. The number of thioether (sulfide) groups is 1. The van der Waals surface area contributed by atoms with Crippen molar-refractivity contribution in [2.75, 3.05) is 5.75 Å². The first-order valence-corrected chi connectivity index (χ1v) is 6.38. The Morgan fingerprint density at radius 1 is 1.29 bits per heavy atom. The zero-order chi connectivity index (χ0) is 12.9. The zero-order valence-electron chi connectivity index (χ0n) is 9.63. The van der Waals surface area contributed by atoms with Crippen LogP contribution in [0.15, 0.2) is 29.2 Å². The molecule has 0 bridgehead atoms. The highest BCUT2D eigenvalue weighted by Gasteiger charge is 2.27. The van der Waals surface area contributed by atoms with E-state index in [1.807, 2.05) is 31.2 Å². The van der Waals surface area contributed by atoms with Crippen molar-refractivity contribution >= 4 is 11.8 Å². The zero-order valence-corrected chi connectivity index (χ0v) is 10.4. The fourth-order valence-corrected chi connectivity index (χ4v) is 2.38. The minimum absolute atomic E-state index is 0.0115. The Morgan fingerprint density at radius 3 is 2.53 bits per heavy atom. The van der Waals surface area contributed by atoms with E-state index in [0.29, 0.717) is 5.75 Å². The van der Waals surface area contributed by atoms with Crippen LogP contribution in [-0.4, -0.2) is 18.0 Å². The van der Waals surface area contributed by atoms with E-state index in [0.717, 1.165) is 10.5 Å². The molecule has 1 atom stereocenters. The molecule has 0 aliphatic carbocycles. The van der Waals surface area contributed by atoms with Crippen LogP contribution in [0.4, 0.5) is 13.2 Å². The predicted molar refractivity (Wildman–Crippen MR) is 65.2 cm³/mol. The van der Waals surface area contributed by atoms with Crippen LogP contribution >= 0.6 is 11.8 Å². The fourth-order valence-electron chi connectivity index (χ4n) is 1.35. The molecule has 0 heterocycles. The minimum atomic E-state index is -4.11. The molecule has 0 aliphatic rings. The number of halogens is 3. The Balaban J connectivity index is 2.34. The average Bonchev–Trinajstić information content (AvgIpc) is 2.24. The summed E-state index contributed by atoms with van der Waals surface area (Å²) in [5.41, 5.74) is 6.78. The molecule has 0 aromatic heterocycles. The molecule has 0 aliphatic heterocycles. The molecule has 0 fully saturated rings. The molecule has 5 heteroatoms. The van der Waals surface area contributed by atoms with Crippen LogP contribution in [0, 0.1) is 6.92 Å². The van der Waals surface area contributed by atoms with Crippen LogP contribution in [-0.2, 0) is 0 Å². The van der Waals surface area contributed by atoms with Gasteiger partial charge in [0.05, 0.1) is 0 Å². The summed E-state index contributed by atoms with van der Waals surface area (Å²) in [5.74, 6) is 0.515. The number of nitrogens with two attached hydrogens (primary N) is 1. The van der Waals surface area contributed by atoms with Gasteiger partial charge in [0.2, 0.25) is 0 Å². The molecule has 1 unspecified atom stereocenters. The summed E-state index contributed by atoms with van der Waals surface area (Å²) in [5, 5.41) is 0. The third kappa shape index (κ3) is 5.98.